The molecule has 2 aliphatic rings. The lowest BCUT2D eigenvalue weighted by atomic mass is 10.1. The fourth-order valence-electron chi connectivity index (χ4n) is 3.44. The highest BCUT2D eigenvalue weighted by atomic mass is 35.5. The third kappa shape index (κ3) is 3.78. The maximum absolute atomic E-state index is 12.4. The van der Waals surface area contributed by atoms with Crippen molar-refractivity contribution < 1.29 is 4.79 Å². The van der Waals surface area contributed by atoms with Crippen LogP contribution in [-0.4, -0.2) is 47.9 Å². The Bertz CT molecular complexity index is 482. The lowest BCUT2D eigenvalue weighted by Gasteiger charge is -2.32. The standard InChI is InChI=1S/C17H23ClN2O/c18-15-6-4-14(5-7-15)12-17(21)20-11-8-16(13-20)19-9-2-1-3-10-19/h4-7,16H,1-3,8-13H2/t16-/m0/s1. The molecule has 2 fully saturated rings. The Hall–Kier alpha value is -1.06. The maximum Gasteiger partial charge on any atom is 0.227 e. The molecule has 0 aromatic heterocycles. The summed E-state index contributed by atoms with van der Waals surface area (Å²) in [5.74, 6) is 0.247. The molecule has 3 nitrogen and oxygen atoms in total. The number of halogens is 1. The van der Waals surface area contributed by atoms with Gasteiger partial charge in [-0.05, 0) is 50.0 Å². The van der Waals surface area contributed by atoms with Crippen LogP contribution in [-0.2, 0) is 11.2 Å². The van der Waals surface area contributed by atoms with Gasteiger partial charge in [0, 0.05) is 24.2 Å². The molecule has 114 valence electrons. The van der Waals surface area contributed by atoms with Crippen LogP contribution in [0, 0.1) is 0 Å². The summed E-state index contributed by atoms with van der Waals surface area (Å²) in [6, 6.07) is 8.17. The molecule has 0 aliphatic carbocycles. The first kappa shape index (κ1) is 14.9. The van der Waals surface area contributed by atoms with Gasteiger partial charge >= 0.3 is 0 Å². The van der Waals surface area contributed by atoms with Crippen LogP contribution in [0.25, 0.3) is 0 Å². The van der Waals surface area contributed by atoms with Gasteiger partial charge in [0.15, 0.2) is 0 Å². The van der Waals surface area contributed by atoms with Crippen molar-refractivity contribution in [3.05, 3.63) is 34.9 Å². The number of likely N-dealkylation sites (tertiary alicyclic amines) is 2. The predicted molar refractivity (Wildman–Crippen MR) is 85.6 cm³/mol. The number of hydrogen-bond acceptors (Lipinski definition) is 2. The van der Waals surface area contributed by atoms with Crippen molar-refractivity contribution >= 4 is 17.5 Å². The summed E-state index contributed by atoms with van der Waals surface area (Å²) < 4.78 is 0. The molecule has 1 amide bonds. The van der Waals surface area contributed by atoms with Gasteiger partial charge in [0.25, 0.3) is 0 Å². The number of piperidine rings is 1. The summed E-state index contributed by atoms with van der Waals surface area (Å²) in [5, 5.41) is 0.720. The van der Waals surface area contributed by atoms with Crippen molar-refractivity contribution in [1.82, 2.24) is 9.80 Å². The molecule has 2 aliphatic heterocycles. The van der Waals surface area contributed by atoms with Gasteiger partial charge in [0.05, 0.1) is 6.42 Å². The minimum Gasteiger partial charge on any atom is -0.341 e. The van der Waals surface area contributed by atoms with Crippen molar-refractivity contribution in [1.29, 1.82) is 0 Å². The quantitative estimate of drug-likeness (QED) is 0.857. The van der Waals surface area contributed by atoms with Crippen LogP contribution in [0.5, 0.6) is 0 Å². The second-order valence-corrected chi connectivity index (χ2v) is 6.62. The van der Waals surface area contributed by atoms with Crippen LogP contribution < -0.4 is 0 Å². The van der Waals surface area contributed by atoms with E-state index in [4.69, 9.17) is 11.6 Å². The van der Waals surface area contributed by atoms with Gasteiger partial charge in [-0.3, -0.25) is 9.69 Å². The van der Waals surface area contributed by atoms with Crippen molar-refractivity contribution in [3.8, 4) is 0 Å². The molecule has 2 saturated heterocycles. The molecule has 0 unspecified atom stereocenters. The van der Waals surface area contributed by atoms with E-state index in [1.165, 1.54) is 32.4 Å². The molecule has 21 heavy (non-hydrogen) atoms. The monoisotopic (exact) mass is 306 g/mol. The van der Waals surface area contributed by atoms with Gasteiger partial charge in [0.2, 0.25) is 5.91 Å². The highest BCUT2D eigenvalue weighted by molar-refractivity contribution is 6.30. The molecule has 0 bridgehead atoms. The Kier molecular flexibility index (Phi) is 4.81. The average molecular weight is 307 g/mol. The maximum atomic E-state index is 12.4. The zero-order valence-electron chi connectivity index (χ0n) is 12.4. The van der Waals surface area contributed by atoms with Gasteiger partial charge < -0.3 is 4.90 Å². The number of carbonyl (C=O) groups excluding carboxylic acids is 1. The van der Waals surface area contributed by atoms with Gasteiger partial charge in [-0.15, -0.1) is 0 Å². The minimum absolute atomic E-state index is 0.247. The third-order valence-corrected chi connectivity index (χ3v) is 4.94. The second kappa shape index (κ2) is 6.80. The van der Waals surface area contributed by atoms with Crippen LogP contribution in [0.4, 0.5) is 0 Å². The van der Waals surface area contributed by atoms with Gasteiger partial charge in [-0.2, -0.15) is 0 Å². The first-order valence-electron chi connectivity index (χ1n) is 7.98. The van der Waals surface area contributed by atoms with Crippen LogP contribution in [0.15, 0.2) is 24.3 Å². The SMILES string of the molecule is O=C(Cc1ccc(Cl)cc1)N1CC[C@H](N2CCCCC2)C1. The van der Waals surface area contributed by atoms with Crippen LogP contribution in [0.2, 0.25) is 5.02 Å². The molecule has 1 aromatic carbocycles. The van der Waals surface area contributed by atoms with Crippen molar-refractivity contribution in [2.24, 2.45) is 0 Å². The molecular formula is C17H23ClN2O. The molecule has 1 aromatic rings. The van der Waals surface area contributed by atoms with E-state index in [-0.39, 0.29) is 5.91 Å². The summed E-state index contributed by atoms with van der Waals surface area (Å²) in [5.41, 5.74) is 1.05. The number of hydrogen-bond donors (Lipinski definition) is 0. The van der Waals surface area contributed by atoms with Crippen LogP contribution in [0.1, 0.15) is 31.2 Å². The summed E-state index contributed by atoms with van der Waals surface area (Å²) in [6.45, 7) is 4.24. The van der Waals surface area contributed by atoms with Crippen LogP contribution in [0.3, 0.4) is 0 Å². The van der Waals surface area contributed by atoms with Crippen molar-refractivity contribution in [2.45, 2.75) is 38.1 Å². The molecule has 0 N–H and O–H groups in total. The second-order valence-electron chi connectivity index (χ2n) is 6.18. The topological polar surface area (TPSA) is 23.6 Å². The lowest BCUT2D eigenvalue weighted by Crippen LogP contribution is -2.41. The Labute approximate surface area is 131 Å². The zero-order chi connectivity index (χ0) is 14.7. The van der Waals surface area contributed by atoms with E-state index in [0.717, 1.165) is 30.1 Å². The Morgan fingerprint density at radius 1 is 1.10 bits per heavy atom. The zero-order valence-corrected chi connectivity index (χ0v) is 13.2. The van der Waals surface area contributed by atoms with Gasteiger partial charge in [0.1, 0.15) is 0 Å². The molecule has 1 atom stereocenters. The first-order valence-corrected chi connectivity index (χ1v) is 8.36. The molecule has 0 spiro atoms. The Morgan fingerprint density at radius 2 is 1.81 bits per heavy atom. The molecular weight excluding hydrogens is 284 g/mol. The largest absolute Gasteiger partial charge is 0.341 e. The first-order chi connectivity index (χ1) is 10.2. The Morgan fingerprint density at radius 3 is 2.52 bits per heavy atom. The number of nitrogens with zero attached hydrogens (tertiary/aromatic N) is 2. The van der Waals surface area contributed by atoms with Gasteiger partial charge in [-0.25, -0.2) is 0 Å². The lowest BCUT2D eigenvalue weighted by molar-refractivity contribution is -0.129. The van der Waals surface area contributed by atoms with Crippen molar-refractivity contribution in [3.63, 3.8) is 0 Å². The molecule has 0 saturated carbocycles. The average Bonchev–Trinajstić information content (AvgIpc) is 3.00. The molecule has 0 radical (unpaired) electrons. The molecule has 3 rings (SSSR count). The van der Waals surface area contributed by atoms with E-state index in [1.54, 1.807) is 0 Å². The smallest absolute Gasteiger partial charge is 0.227 e. The van der Waals surface area contributed by atoms with Crippen molar-refractivity contribution in [2.75, 3.05) is 26.2 Å². The minimum atomic E-state index is 0.247. The van der Waals surface area contributed by atoms with E-state index in [0.29, 0.717) is 12.5 Å². The number of benzene rings is 1. The highest BCUT2D eigenvalue weighted by Crippen LogP contribution is 2.21. The third-order valence-electron chi connectivity index (χ3n) is 4.69. The number of carbonyl (C=O) groups is 1. The van der Waals surface area contributed by atoms with E-state index < -0.39 is 0 Å². The summed E-state index contributed by atoms with van der Waals surface area (Å²) in [7, 11) is 0. The predicted octanol–water partition coefficient (Wildman–Crippen LogP) is 2.97. The van der Waals surface area contributed by atoms with E-state index >= 15 is 0 Å². The van der Waals surface area contributed by atoms with E-state index in [9.17, 15) is 4.79 Å². The molecule has 4 heteroatoms. The number of rotatable bonds is 3. The summed E-state index contributed by atoms with van der Waals surface area (Å²) in [6.07, 6.45) is 5.61. The van der Waals surface area contributed by atoms with Crippen LogP contribution >= 0.6 is 11.6 Å². The van der Waals surface area contributed by atoms with Gasteiger partial charge in [-0.1, -0.05) is 30.2 Å². The fraction of sp³-hybridized carbons (Fsp3) is 0.588. The van der Waals surface area contributed by atoms with E-state index in [2.05, 4.69) is 4.90 Å². The summed E-state index contributed by atoms with van der Waals surface area (Å²) >= 11 is 5.88. The summed E-state index contributed by atoms with van der Waals surface area (Å²) in [4.78, 5) is 17.0. The normalized spacial score (nSPS) is 23.5. The number of amides is 1. The molecule has 2 heterocycles. The fourth-order valence-corrected chi connectivity index (χ4v) is 3.56. The Balaban J connectivity index is 1.53. The highest BCUT2D eigenvalue weighted by Gasteiger charge is 2.30. The van der Waals surface area contributed by atoms with E-state index in [1.807, 2.05) is 29.2 Å².